The number of rotatable bonds is 4. The van der Waals surface area contributed by atoms with Gasteiger partial charge in [-0.15, -0.1) is 5.10 Å². The summed E-state index contributed by atoms with van der Waals surface area (Å²) in [5.74, 6) is 0. The van der Waals surface area contributed by atoms with Gasteiger partial charge < -0.3 is 5.11 Å². The second-order valence-corrected chi connectivity index (χ2v) is 4.62. The fraction of sp³-hybridized carbons (Fsp3) is 0.250. The number of hydrogen-bond donors (Lipinski definition) is 1. The number of benzene rings is 1. The van der Waals surface area contributed by atoms with Gasteiger partial charge in [0.15, 0.2) is 5.69 Å². The summed E-state index contributed by atoms with van der Waals surface area (Å²) in [5, 5.41) is 25.7. The highest BCUT2D eigenvalue weighted by atomic mass is 79.9. The van der Waals surface area contributed by atoms with Crippen LogP contribution in [0.5, 0.6) is 0 Å². The Morgan fingerprint density at radius 3 is 2.67 bits per heavy atom. The van der Waals surface area contributed by atoms with Gasteiger partial charge in [0.05, 0.1) is 0 Å². The molecule has 1 aromatic carbocycles. The molecular weight excluding hydrogens is 296 g/mol. The molecular formula is C12H11BrN4O. The summed E-state index contributed by atoms with van der Waals surface area (Å²) in [7, 11) is 0. The van der Waals surface area contributed by atoms with Gasteiger partial charge in [-0.1, -0.05) is 33.3 Å². The van der Waals surface area contributed by atoms with Gasteiger partial charge in [0, 0.05) is 23.2 Å². The molecule has 2 rings (SSSR count). The van der Waals surface area contributed by atoms with Gasteiger partial charge in [-0.25, -0.2) is 4.68 Å². The topological polar surface area (TPSA) is 74.7 Å². The number of hydrogen-bond acceptors (Lipinski definition) is 4. The van der Waals surface area contributed by atoms with Crippen molar-refractivity contribution in [3.63, 3.8) is 0 Å². The van der Waals surface area contributed by atoms with E-state index in [1.54, 1.807) is 4.68 Å². The summed E-state index contributed by atoms with van der Waals surface area (Å²) in [6.07, 6.45) is 0.581. The maximum Gasteiger partial charge on any atom is 0.190 e. The zero-order valence-electron chi connectivity index (χ0n) is 9.54. The van der Waals surface area contributed by atoms with Crippen LogP contribution in [-0.2, 0) is 6.54 Å². The zero-order valence-corrected chi connectivity index (χ0v) is 11.1. The van der Waals surface area contributed by atoms with Crippen LogP contribution in [0.1, 0.15) is 12.1 Å². The smallest absolute Gasteiger partial charge is 0.190 e. The average molecular weight is 307 g/mol. The van der Waals surface area contributed by atoms with Crippen molar-refractivity contribution in [2.24, 2.45) is 0 Å². The van der Waals surface area contributed by atoms with Crippen LogP contribution in [0.25, 0.3) is 11.3 Å². The Morgan fingerprint density at radius 2 is 2.06 bits per heavy atom. The van der Waals surface area contributed by atoms with Gasteiger partial charge in [0.25, 0.3) is 0 Å². The van der Waals surface area contributed by atoms with Gasteiger partial charge in [0.2, 0.25) is 0 Å². The van der Waals surface area contributed by atoms with E-state index in [1.165, 1.54) is 0 Å². The van der Waals surface area contributed by atoms with E-state index in [-0.39, 0.29) is 6.61 Å². The lowest BCUT2D eigenvalue weighted by atomic mass is 10.1. The predicted octanol–water partition coefficient (Wildman–Crippen LogP) is 1.96. The third kappa shape index (κ3) is 2.58. The summed E-state index contributed by atoms with van der Waals surface area (Å²) in [6, 6.07) is 9.65. The molecule has 0 saturated heterocycles. The molecule has 5 nitrogen and oxygen atoms in total. The lowest BCUT2D eigenvalue weighted by Gasteiger charge is -2.05. The average Bonchev–Trinajstić information content (AvgIpc) is 2.80. The predicted molar refractivity (Wildman–Crippen MR) is 69.6 cm³/mol. The molecule has 1 N–H and O–H groups in total. The van der Waals surface area contributed by atoms with E-state index in [0.717, 1.165) is 10.0 Å². The van der Waals surface area contributed by atoms with Crippen LogP contribution < -0.4 is 0 Å². The van der Waals surface area contributed by atoms with Gasteiger partial charge in [0.1, 0.15) is 11.8 Å². The first-order valence-electron chi connectivity index (χ1n) is 5.46. The van der Waals surface area contributed by atoms with Crippen molar-refractivity contribution in [2.75, 3.05) is 6.61 Å². The molecule has 18 heavy (non-hydrogen) atoms. The molecule has 0 spiro atoms. The third-order valence-electron chi connectivity index (χ3n) is 2.49. The minimum Gasteiger partial charge on any atom is -0.396 e. The minimum atomic E-state index is 0.0848. The molecule has 92 valence electrons. The number of aromatic nitrogens is 3. The van der Waals surface area contributed by atoms with Crippen LogP contribution >= 0.6 is 15.9 Å². The molecule has 0 radical (unpaired) electrons. The van der Waals surface area contributed by atoms with Crippen molar-refractivity contribution in [3.8, 4) is 17.3 Å². The highest BCUT2D eigenvalue weighted by Gasteiger charge is 2.14. The van der Waals surface area contributed by atoms with Crippen LogP contribution in [0, 0.1) is 11.3 Å². The summed E-state index contributed by atoms with van der Waals surface area (Å²) < 4.78 is 2.62. The molecule has 1 heterocycles. The molecule has 0 atom stereocenters. The van der Waals surface area contributed by atoms with Gasteiger partial charge in [-0.05, 0) is 18.6 Å². The van der Waals surface area contributed by atoms with Crippen molar-refractivity contribution in [1.82, 2.24) is 15.0 Å². The van der Waals surface area contributed by atoms with E-state index in [1.807, 2.05) is 30.3 Å². The van der Waals surface area contributed by atoms with E-state index in [2.05, 4.69) is 26.2 Å². The van der Waals surface area contributed by atoms with Gasteiger partial charge in [-0.2, -0.15) is 5.26 Å². The second kappa shape index (κ2) is 5.76. The van der Waals surface area contributed by atoms with Crippen molar-refractivity contribution in [2.45, 2.75) is 13.0 Å². The first kappa shape index (κ1) is 12.7. The lowest BCUT2D eigenvalue weighted by molar-refractivity contribution is 0.276. The van der Waals surface area contributed by atoms with E-state index >= 15 is 0 Å². The summed E-state index contributed by atoms with van der Waals surface area (Å²) in [6.45, 7) is 0.623. The SMILES string of the molecule is N#Cc1nnn(CCCO)c1-c1ccc(Br)cc1. The zero-order chi connectivity index (χ0) is 13.0. The van der Waals surface area contributed by atoms with Crippen molar-refractivity contribution >= 4 is 15.9 Å². The summed E-state index contributed by atoms with van der Waals surface area (Å²) in [5.41, 5.74) is 1.88. The largest absolute Gasteiger partial charge is 0.396 e. The maximum absolute atomic E-state index is 9.05. The van der Waals surface area contributed by atoms with Gasteiger partial charge >= 0.3 is 0 Å². The Labute approximate surface area is 113 Å². The Hall–Kier alpha value is -1.71. The number of aryl methyl sites for hydroxylation is 1. The molecule has 0 amide bonds. The van der Waals surface area contributed by atoms with Crippen molar-refractivity contribution in [3.05, 3.63) is 34.4 Å². The Balaban J connectivity index is 2.44. The highest BCUT2D eigenvalue weighted by Crippen LogP contribution is 2.23. The first-order valence-corrected chi connectivity index (χ1v) is 6.26. The standard InChI is InChI=1S/C12H11BrN4O/c13-10-4-2-9(3-5-10)12-11(8-14)15-16-17(12)6-1-7-18/h2-5,18H,1,6-7H2. The third-order valence-corrected chi connectivity index (χ3v) is 3.02. The van der Waals surface area contributed by atoms with E-state index in [9.17, 15) is 0 Å². The van der Waals surface area contributed by atoms with E-state index in [0.29, 0.717) is 24.4 Å². The molecule has 0 saturated carbocycles. The first-order chi connectivity index (χ1) is 8.76. The number of aliphatic hydroxyl groups excluding tert-OH is 1. The van der Waals surface area contributed by atoms with Crippen LogP contribution in [0.4, 0.5) is 0 Å². The van der Waals surface area contributed by atoms with Crippen LogP contribution in [0.3, 0.4) is 0 Å². The molecule has 0 fully saturated rings. The van der Waals surface area contributed by atoms with Gasteiger partial charge in [-0.3, -0.25) is 0 Å². The van der Waals surface area contributed by atoms with Crippen LogP contribution in [-0.4, -0.2) is 26.7 Å². The lowest BCUT2D eigenvalue weighted by Crippen LogP contribution is -2.04. The summed E-state index contributed by atoms with van der Waals surface area (Å²) >= 11 is 3.37. The monoisotopic (exact) mass is 306 g/mol. The highest BCUT2D eigenvalue weighted by molar-refractivity contribution is 9.10. The van der Waals surface area contributed by atoms with Crippen molar-refractivity contribution in [1.29, 1.82) is 5.26 Å². The Kier molecular flexibility index (Phi) is 4.07. The maximum atomic E-state index is 9.05. The van der Waals surface area contributed by atoms with Crippen LogP contribution in [0.2, 0.25) is 0 Å². The number of nitriles is 1. The fourth-order valence-corrected chi connectivity index (χ4v) is 1.92. The minimum absolute atomic E-state index is 0.0848. The summed E-state index contributed by atoms with van der Waals surface area (Å²) in [4.78, 5) is 0. The Morgan fingerprint density at radius 1 is 1.33 bits per heavy atom. The molecule has 0 unspecified atom stereocenters. The molecule has 0 aliphatic rings. The van der Waals surface area contributed by atoms with E-state index < -0.39 is 0 Å². The number of nitrogens with zero attached hydrogens (tertiary/aromatic N) is 4. The number of halogens is 1. The molecule has 6 heteroatoms. The van der Waals surface area contributed by atoms with Crippen molar-refractivity contribution < 1.29 is 5.11 Å². The Bertz CT molecular complexity index is 571. The molecule has 2 aromatic rings. The molecule has 0 aliphatic carbocycles. The second-order valence-electron chi connectivity index (χ2n) is 3.71. The molecule has 1 aromatic heterocycles. The van der Waals surface area contributed by atoms with E-state index in [4.69, 9.17) is 10.4 Å². The quantitative estimate of drug-likeness (QED) is 0.937. The molecule has 0 bridgehead atoms. The molecule has 0 aliphatic heterocycles. The fourth-order valence-electron chi connectivity index (χ4n) is 1.66. The normalized spacial score (nSPS) is 10.3. The van der Waals surface area contributed by atoms with Crippen LogP contribution in [0.15, 0.2) is 28.7 Å². The number of aliphatic hydroxyl groups is 1.